The summed E-state index contributed by atoms with van der Waals surface area (Å²) in [6.45, 7) is 4.09. The molecule has 170 valence electrons. The molecule has 2 fully saturated rings. The van der Waals surface area contributed by atoms with Crippen molar-refractivity contribution in [1.82, 2.24) is 4.31 Å². The van der Waals surface area contributed by atoms with E-state index in [1.807, 2.05) is 43.3 Å². The fraction of sp³-hybridized carbons (Fsp3) is 0.500. The Morgan fingerprint density at radius 1 is 1.06 bits per heavy atom. The van der Waals surface area contributed by atoms with Crippen LogP contribution in [0, 0.1) is 23.1 Å². The summed E-state index contributed by atoms with van der Waals surface area (Å²) < 4.78 is 43.5. The van der Waals surface area contributed by atoms with E-state index < -0.39 is 26.5 Å². The molecule has 2 aromatic rings. The summed E-state index contributed by atoms with van der Waals surface area (Å²) in [6.07, 6.45) is 4.69. The maximum absolute atomic E-state index is 15.2. The lowest BCUT2D eigenvalue weighted by molar-refractivity contribution is 0.278. The minimum Gasteiger partial charge on any atom is -0.212 e. The molecule has 6 heteroatoms. The molecule has 0 N–H and O–H groups in total. The van der Waals surface area contributed by atoms with E-state index in [1.54, 1.807) is 6.07 Å². The summed E-state index contributed by atoms with van der Waals surface area (Å²) in [6, 6.07) is 16.5. The highest BCUT2D eigenvalue weighted by atomic mass is 32.2. The van der Waals surface area contributed by atoms with Crippen molar-refractivity contribution in [2.45, 2.75) is 75.6 Å². The van der Waals surface area contributed by atoms with E-state index in [4.69, 9.17) is 0 Å². The molecule has 0 amide bonds. The Bertz CT molecular complexity index is 1100. The zero-order valence-corrected chi connectivity index (χ0v) is 19.6. The Labute approximate surface area is 191 Å². The lowest BCUT2D eigenvalue weighted by Crippen LogP contribution is -2.44. The molecule has 0 bridgehead atoms. The van der Waals surface area contributed by atoms with Crippen molar-refractivity contribution in [3.05, 3.63) is 71.0 Å². The van der Waals surface area contributed by atoms with Crippen LogP contribution in [0.25, 0.3) is 0 Å². The van der Waals surface area contributed by atoms with Gasteiger partial charge < -0.3 is 0 Å². The third-order valence-corrected chi connectivity index (χ3v) is 9.84. The van der Waals surface area contributed by atoms with E-state index in [0.717, 1.165) is 37.7 Å². The number of hydrogen-bond donors (Lipinski definition) is 0. The first-order valence-electron chi connectivity index (χ1n) is 11.5. The maximum atomic E-state index is 15.2. The second kappa shape index (κ2) is 8.96. The third kappa shape index (κ3) is 4.21. The van der Waals surface area contributed by atoms with Crippen LogP contribution in [0.2, 0.25) is 0 Å². The highest BCUT2D eigenvalue weighted by molar-refractivity contribution is 7.89. The summed E-state index contributed by atoms with van der Waals surface area (Å²) in [7, 11) is -3.62. The number of sulfonamides is 1. The number of nitriles is 1. The van der Waals surface area contributed by atoms with E-state index in [-0.39, 0.29) is 12.6 Å². The molecule has 2 aromatic carbocycles. The maximum Gasteiger partial charge on any atom is 0.221 e. The van der Waals surface area contributed by atoms with Crippen LogP contribution in [-0.2, 0) is 22.0 Å². The summed E-state index contributed by atoms with van der Waals surface area (Å²) in [4.78, 5) is 0. The van der Waals surface area contributed by atoms with Crippen LogP contribution in [0.4, 0.5) is 4.39 Å². The van der Waals surface area contributed by atoms with Gasteiger partial charge in [-0.25, -0.2) is 12.8 Å². The standard InChI is InChI=1S/C26H31FN2O2S/c1-19-12-14-26(18-28,15-13-19)23-10-9-22(24(27)16-23)17-29-20(2)8-11-25(32(29,30)31)21-6-4-3-5-7-21/h3-7,9-10,16,19-20,25H,8,11-15,17H2,1-2H3/t19?,20-,25+,26?/m0/s1. The molecule has 4 rings (SSSR count). The molecule has 1 saturated heterocycles. The topological polar surface area (TPSA) is 61.2 Å². The van der Waals surface area contributed by atoms with Gasteiger partial charge >= 0.3 is 0 Å². The van der Waals surface area contributed by atoms with Gasteiger partial charge in [-0.1, -0.05) is 49.4 Å². The lowest BCUT2D eigenvalue weighted by Gasteiger charge is -2.38. The Hall–Kier alpha value is -2.23. The summed E-state index contributed by atoms with van der Waals surface area (Å²) in [5.41, 5.74) is 1.21. The normalized spacial score (nSPS) is 30.5. The molecule has 0 spiro atoms. The molecular weight excluding hydrogens is 423 g/mol. The van der Waals surface area contributed by atoms with Gasteiger partial charge in [0, 0.05) is 18.2 Å². The molecule has 1 heterocycles. The average Bonchev–Trinajstić information content (AvgIpc) is 2.79. The van der Waals surface area contributed by atoms with Crippen LogP contribution in [0.5, 0.6) is 0 Å². The van der Waals surface area contributed by atoms with Crippen LogP contribution >= 0.6 is 0 Å². The van der Waals surface area contributed by atoms with Gasteiger partial charge in [0.2, 0.25) is 10.0 Å². The number of benzene rings is 2. The molecule has 4 nitrogen and oxygen atoms in total. The fourth-order valence-corrected chi connectivity index (χ4v) is 7.40. The van der Waals surface area contributed by atoms with Crippen LogP contribution in [-0.4, -0.2) is 18.8 Å². The van der Waals surface area contributed by atoms with Crippen molar-refractivity contribution in [2.24, 2.45) is 5.92 Å². The molecule has 1 aliphatic carbocycles. The van der Waals surface area contributed by atoms with Gasteiger partial charge in [-0.15, -0.1) is 0 Å². The molecule has 2 atom stereocenters. The Kier molecular flexibility index (Phi) is 6.42. The highest BCUT2D eigenvalue weighted by Gasteiger charge is 2.41. The van der Waals surface area contributed by atoms with Gasteiger partial charge in [0.15, 0.2) is 0 Å². The van der Waals surface area contributed by atoms with Gasteiger partial charge in [-0.3, -0.25) is 0 Å². The van der Waals surface area contributed by atoms with E-state index >= 15 is 4.39 Å². The van der Waals surface area contributed by atoms with Crippen LogP contribution < -0.4 is 0 Å². The van der Waals surface area contributed by atoms with Gasteiger partial charge in [0.1, 0.15) is 11.1 Å². The third-order valence-electron chi connectivity index (χ3n) is 7.47. The first kappa shape index (κ1) is 22.9. The molecular formula is C26H31FN2O2S. The predicted octanol–water partition coefficient (Wildman–Crippen LogP) is 5.85. The Morgan fingerprint density at radius 2 is 1.75 bits per heavy atom. The van der Waals surface area contributed by atoms with E-state index in [1.165, 1.54) is 10.4 Å². The number of hydrogen-bond acceptors (Lipinski definition) is 3. The number of nitrogens with zero attached hydrogens (tertiary/aromatic N) is 2. The molecule has 0 unspecified atom stereocenters. The minimum absolute atomic E-state index is 0.00946. The highest BCUT2D eigenvalue weighted by Crippen LogP contribution is 2.42. The van der Waals surface area contributed by atoms with Crippen molar-refractivity contribution in [3.63, 3.8) is 0 Å². The summed E-state index contributed by atoms with van der Waals surface area (Å²) in [5, 5.41) is 9.28. The van der Waals surface area contributed by atoms with Gasteiger partial charge in [-0.05, 0) is 68.6 Å². The molecule has 0 radical (unpaired) electrons. The van der Waals surface area contributed by atoms with E-state index in [9.17, 15) is 13.7 Å². The monoisotopic (exact) mass is 454 g/mol. The quantitative estimate of drug-likeness (QED) is 0.582. The molecule has 1 aliphatic heterocycles. The predicted molar refractivity (Wildman–Crippen MR) is 124 cm³/mol. The minimum atomic E-state index is -3.62. The first-order chi connectivity index (χ1) is 15.3. The fourth-order valence-electron chi connectivity index (χ4n) is 5.21. The second-order valence-corrected chi connectivity index (χ2v) is 11.7. The van der Waals surface area contributed by atoms with E-state index in [0.29, 0.717) is 23.5 Å². The van der Waals surface area contributed by atoms with Gasteiger partial charge in [0.25, 0.3) is 0 Å². The zero-order chi connectivity index (χ0) is 22.9. The SMILES string of the molecule is CC1CCC(C#N)(c2ccc(CN3[C@@H](C)CC[C@H](c4ccccc4)S3(=O)=O)c(F)c2)CC1. The summed E-state index contributed by atoms with van der Waals surface area (Å²) in [5.74, 6) is 0.156. The number of rotatable bonds is 4. The first-order valence-corrected chi connectivity index (χ1v) is 13.0. The molecule has 0 aromatic heterocycles. The number of halogens is 1. The lowest BCUT2D eigenvalue weighted by atomic mass is 9.68. The molecule has 1 saturated carbocycles. The largest absolute Gasteiger partial charge is 0.221 e. The van der Waals surface area contributed by atoms with Crippen LogP contribution in [0.3, 0.4) is 0 Å². The Morgan fingerprint density at radius 3 is 2.38 bits per heavy atom. The smallest absolute Gasteiger partial charge is 0.212 e. The van der Waals surface area contributed by atoms with Crippen molar-refractivity contribution in [3.8, 4) is 6.07 Å². The van der Waals surface area contributed by atoms with Crippen LogP contribution in [0.15, 0.2) is 48.5 Å². The van der Waals surface area contributed by atoms with Gasteiger partial charge in [0.05, 0.1) is 11.5 Å². The zero-order valence-electron chi connectivity index (χ0n) is 18.8. The van der Waals surface area contributed by atoms with Crippen molar-refractivity contribution in [2.75, 3.05) is 0 Å². The Balaban J connectivity index is 1.60. The average molecular weight is 455 g/mol. The van der Waals surface area contributed by atoms with Crippen molar-refractivity contribution < 1.29 is 12.8 Å². The molecule has 2 aliphatic rings. The molecule has 32 heavy (non-hydrogen) atoms. The second-order valence-electron chi connectivity index (χ2n) is 9.60. The van der Waals surface area contributed by atoms with Crippen LogP contribution in [0.1, 0.15) is 74.3 Å². The summed E-state index contributed by atoms with van der Waals surface area (Å²) >= 11 is 0. The van der Waals surface area contributed by atoms with Crippen molar-refractivity contribution >= 4 is 10.0 Å². The van der Waals surface area contributed by atoms with E-state index in [2.05, 4.69) is 13.0 Å². The van der Waals surface area contributed by atoms with Crippen molar-refractivity contribution in [1.29, 1.82) is 5.26 Å². The van der Waals surface area contributed by atoms with Gasteiger partial charge in [-0.2, -0.15) is 9.57 Å².